The number of hydrogen-bond acceptors (Lipinski definition) is 1. The van der Waals surface area contributed by atoms with Crippen LogP contribution in [0, 0.1) is 0 Å². The second-order valence-corrected chi connectivity index (χ2v) is 2.38. The van der Waals surface area contributed by atoms with E-state index in [1.807, 2.05) is 30.3 Å². The van der Waals surface area contributed by atoms with Crippen molar-refractivity contribution < 1.29 is 9.90 Å². The van der Waals surface area contributed by atoms with Gasteiger partial charge in [0.25, 0.3) is 0 Å². The van der Waals surface area contributed by atoms with Crippen molar-refractivity contribution in [2.24, 2.45) is 0 Å². The molecule has 3 heteroatoms. The van der Waals surface area contributed by atoms with E-state index in [-0.39, 0.29) is 24.4 Å². The Labute approximate surface area is 82.9 Å². The van der Waals surface area contributed by atoms with E-state index < -0.39 is 5.97 Å². The Morgan fingerprint density at radius 1 is 1.25 bits per heavy atom. The molecule has 0 aliphatic heterocycles. The molecule has 2 nitrogen and oxygen atoms in total. The molecule has 0 radical (unpaired) electrons. The summed E-state index contributed by atoms with van der Waals surface area (Å²) in [5.41, 5.74) is 1.08. The van der Waals surface area contributed by atoms with Gasteiger partial charge in [-0.1, -0.05) is 30.3 Å². The van der Waals surface area contributed by atoms with Crippen LogP contribution in [0.15, 0.2) is 30.3 Å². The van der Waals surface area contributed by atoms with Crippen molar-refractivity contribution in [2.45, 2.75) is 12.8 Å². The molecule has 1 unspecified atom stereocenters. The minimum atomic E-state index is -0.742. The molecule has 0 aromatic heterocycles. The van der Waals surface area contributed by atoms with Gasteiger partial charge in [0.1, 0.15) is 0 Å². The predicted octanol–water partition coefficient (Wildman–Crippen LogP) is 0.520. The summed E-state index contributed by atoms with van der Waals surface area (Å²) in [4.78, 5) is 10.2. The van der Waals surface area contributed by atoms with Crippen LogP contribution in [0.5, 0.6) is 0 Å². The molecule has 0 bridgehead atoms. The van der Waals surface area contributed by atoms with Gasteiger partial charge in [0.05, 0.1) is 0 Å². The molecule has 0 aliphatic carbocycles. The second kappa shape index (κ2) is 5.84. The number of benzene rings is 1. The Hall–Kier alpha value is -0.752. The molecule has 66 valence electrons. The van der Waals surface area contributed by atoms with Crippen LogP contribution in [0.3, 0.4) is 0 Å². The topological polar surface area (TPSA) is 37.3 Å². The van der Waals surface area contributed by atoms with Gasteiger partial charge in [0, 0.05) is 6.42 Å². The fraction of sp³-hybridized carbons (Fsp3) is 0.222. The van der Waals surface area contributed by atoms with Crippen LogP contribution in [0.1, 0.15) is 12.0 Å². The zero-order valence-electron chi connectivity index (χ0n) is 6.86. The maximum atomic E-state index is 10.2. The first-order valence-electron chi connectivity index (χ1n) is 3.55. The third-order valence-corrected chi connectivity index (χ3v) is 1.47. The molecule has 0 fully saturated rings. The molecule has 1 rings (SSSR count). The number of rotatable bonds is 3. The summed E-state index contributed by atoms with van der Waals surface area (Å²) in [7, 11) is 0. The first kappa shape index (κ1) is 11.2. The van der Waals surface area contributed by atoms with Gasteiger partial charge in [-0.15, -0.1) is 0 Å². The summed E-state index contributed by atoms with van der Waals surface area (Å²) in [5, 5.41) is 8.37. The average Bonchev–Trinajstić information content (AvgIpc) is 2.03. The summed E-state index contributed by atoms with van der Waals surface area (Å²) in [6, 6.07) is 9.62. The number of carbonyl (C=O) groups is 1. The zero-order chi connectivity index (χ0) is 8.10. The van der Waals surface area contributed by atoms with E-state index in [2.05, 4.69) is 0 Å². The molecule has 1 aromatic carbocycles. The quantitative estimate of drug-likeness (QED) is 0.766. The molecular formula is C9H13AsO2. The molecule has 0 amide bonds. The van der Waals surface area contributed by atoms with Crippen molar-refractivity contribution in [1.82, 2.24) is 0 Å². The molecule has 1 aromatic rings. The molecule has 0 aliphatic rings. The van der Waals surface area contributed by atoms with Crippen molar-refractivity contribution >= 4 is 23.9 Å². The number of aliphatic carboxylic acids is 1. The monoisotopic (exact) mass is 228 g/mol. The zero-order valence-corrected chi connectivity index (χ0v) is 9.83. The van der Waals surface area contributed by atoms with E-state index >= 15 is 0 Å². The number of carboxylic acid groups (broad SMARTS) is 1. The second-order valence-electron chi connectivity index (χ2n) is 2.38. The average molecular weight is 228 g/mol. The number of carboxylic acids is 1. The third kappa shape index (κ3) is 4.19. The molecule has 1 atom stereocenters. The van der Waals surface area contributed by atoms with Crippen LogP contribution in [-0.4, -0.2) is 29.0 Å². The fourth-order valence-corrected chi connectivity index (χ4v) is 0.896. The van der Waals surface area contributed by atoms with Gasteiger partial charge in [-0.3, -0.25) is 4.79 Å². The fourth-order valence-electron chi connectivity index (χ4n) is 0.896. The SMILES string of the molecule is O=C(O)CCc1ccccc1.[AsH3]. The van der Waals surface area contributed by atoms with Gasteiger partial charge in [-0.25, -0.2) is 0 Å². The summed E-state index contributed by atoms with van der Waals surface area (Å²) < 4.78 is 0. The van der Waals surface area contributed by atoms with E-state index in [1.54, 1.807) is 0 Å². The van der Waals surface area contributed by atoms with E-state index in [0.717, 1.165) is 5.56 Å². The Morgan fingerprint density at radius 2 is 1.83 bits per heavy atom. The summed E-state index contributed by atoms with van der Waals surface area (Å²) in [5.74, 6) is -0.742. The molecule has 0 spiro atoms. The Bertz CT molecular complexity index is 234. The predicted molar refractivity (Wildman–Crippen MR) is 52.3 cm³/mol. The van der Waals surface area contributed by atoms with Gasteiger partial charge < -0.3 is 5.11 Å². The van der Waals surface area contributed by atoms with Gasteiger partial charge in [0.15, 0.2) is 0 Å². The Morgan fingerprint density at radius 3 is 2.33 bits per heavy atom. The van der Waals surface area contributed by atoms with E-state index in [4.69, 9.17) is 5.11 Å². The Balaban J connectivity index is 0.00000121. The molecule has 0 saturated heterocycles. The van der Waals surface area contributed by atoms with Gasteiger partial charge in [-0.2, -0.15) is 0 Å². The molecule has 1 N–H and O–H groups in total. The van der Waals surface area contributed by atoms with E-state index in [0.29, 0.717) is 6.42 Å². The third-order valence-electron chi connectivity index (χ3n) is 1.47. The Kier molecular flexibility index (Phi) is 5.48. The molecular weight excluding hydrogens is 215 g/mol. The van der Waals surface area contributed by atoms with Crippen LogP contribution >= 0.6 is 0 Å². The van der Waals surface area contributed by atoms with Crippen LogP contribution in [0.4, 0.5) is 0 Å². The van der Waals surface area contributed by atoms with Crippen molar-refractivity contribution in [1.29, 1.82) is 0 Å². The van der Waals surface area contributed by atoms with E-state index in [9.17, 15) is 4.79 Å². The molecule has 12 heavy (non-hydrogen) atoms. The molecule has 0 heterocycles. The van der Waals surface area contributed by atoms with Crippen molar-refractivity contribution in [3.63, 3.8) is 0 Å². The van der Waals surface area contributed by atoms with Crippen molar-refractivity contribution in [3.05, 3.63) is 35.9 Å². The van der Waals surface area contributed by atoms with Crippen LogP contribution in [-0.2, 0) is 11.2 Å². The maximum absolute atomic E-state index is 10.2. The summed E-state index contributed by atoms with van der Waals surface area (Å²) in [6.45, 7) is 0. The van der Waals surface area contributed by atoms with Gasteiger partial charge >= 0.3 is 23.9 Å². The number of aryl methyl sites for hydroxylation is 1. The van der Waals surface area contributed by atoms with Crippen LogP contribution in [0.2, 0.25) is 0 Å². The first-order chi connectivity index (χ1) is 5.29. The van der Waals surface area contributed by atoms with Gasteiger partial charge in [0.2, 0.25) is 0 Å². The van der Waals surface area contributed by atoms with Crippen LogP contribution in [0.25, 0.3) is 0 Å². The number of hydrogen-bond donors (Lipinski definition) is 1. The normalized spacial score (nSPS) is 8.67. The van der Waals surface area contributed by atoms with E-state index in [1.165, 1.54) is 0 Å². The minimum absolute atomic E-state index is 0. The summed E-state index contributed by atoms with van der Waals surface area (Å²) in [6.07, 6.45) is 0.834. The first-order valence-corrected chi connectivity index (χ1v) is 3.55. The van der Waals surface area contributed by atoms with Crippen LogP contribution < -0.4 is 0 Å². The standard InChI is InChI=1S/C9H10O2.AsH3/c10-9(11)7-6-8-4-2-1-3-5-8;/h1-5H,6-7H2,(H,10,11);1H3. The van der Waals surface area contributed by atoms with Crippen molar-refractivity contribution in [2.75, 3.05) is 0 Å². The van der Waals surface area contributed by atoms with Crippen molar-refractivity contribution in [3.8, 4) is 0 Å². The van der Waals surface area contributed by atoms with Gasteiger partial charge in [-0.05, 0) is 12.0 Å². The summed E-state index contributed by atoms with van der Waals surface area (Å²) >= 11 is 0. The molecule has 0 saturated carbocycles.